The smallest absolute Gasteiger partial charge is 0.256 e. The zero-order chi connectivity index (χ0) is 15.0. The topological polar surface area (TPSA) is 51.1 Å². The molecule has 0 N–H and O–H groups in total. The molecule has 0 saturated carbocycles. The molecule has 2 aliphatic heterocycles. The standard InChI is InChI=1S/C16H20N2O3/c1-10(2)21-15-8-13-12(7-14(15)20-3)16(19)18-6-4-5-11(18)9-17-13/h7-11H,4-6H2,1-3H3/t11-/m0/s1. The van der Waals surface area contributed by atoms with Gasteiger partial charge in [0.05, 0.1) is 30.5 Å². The molecule has 1 amide bonds. The maximum absolute atomic E-state index is 12.7. The summed E-state index contributed by atoms with van der Waals surface area (Å²) in [6.07, 6.45) is 3.92. The molecule has 2 aliphatic rings. The molecule has 5 nitrogen and oxygen atoms in total. The fraction of sp³-hybridized carbons (Fsp3) is 0.500. The molecule has 5 heteroatoms. The maximum Gasteiger partial charge on any atom is 0.256 e. The molecule has 0 radical (unpaired) electrons. The lowest BCUT2D eigenvalue weighted by molar-refractivity contribution is 0.0774. The van der Waals surface area contributed by atoms with Crippen LogP contribution in [0.2, 0.25) is 0 Å². The van der Waals surface area contributed by atoms with Crippen LogP contribution in [-0.4, -0.2) is 42.8 Å². The third kappa shape index (κ3) is 2.48. The quantitative estimate of drug-likeness (QED) is 0.859. The minimum Gasteiger partial charge on any atom is -0.493 e. The van der Waals surface area contributed by atoms with Crippen LogP contribution in [0.4, 0.5) is 5.69 Å². The SMILES string of the molecule is COc1cc2c(cc1OC(C)C)N=C[C@@H]1CCCN1C2=O. The number of fused-ring (bicyclic) bond motifs is 2. The van der Waals surface area contributed by atoms with Crippen LogP contribution in [0.1, 0.15) is 37.0 Å². The second-order valence-electron chi connectivity index (χ2n) is 5.67. The highest BCUT2D eigenvalue weighted by Gasteiger charge is 2.32. The largest absolute Gasteiger partial charge is 0.493 e. The average molecular weight is 288 g/mol. The van der Waals surface area contributed by atoms with Crippen molar-refractivity contribution >= 4 is 17.8 Å². The van der Waals surface area contributed by atoms with Gasteiger partial charge in [-0.25, -0.2) is 0 Å². The number of carbonyl (C=O) groups excluding carboxylic acids is 1. The van der Waals surface area contributed by atoms with Crippen LogP contribution in [0.3, 0.4) is 0 Å². The first-order valence-corrected chi connectivity index (χ1v) is 7.34. The first-order valence-electron chi connectivity index (χ1n) is 7.34. The van der Waals surface area contributed by atoms with Crippen LogP contribution < -0.4 is 9.47 Å². The van der Waals surface area contributed by atoms with Gasteiger partial charge in [0.25, 0.3) is 5.91 Å². The Morgan fingerprint density at radius 3 is 2.86 bits per heavy atom. The predicted molar refractivity (Wildman–Crippen MR) is 81.0 cm³/mol. The van der Waals surface area contributed by atoms with Crippen molar-refractivity contribution < 1.29 is 14.3 Å². The maximum atomic E-state index is 12.7. The summed E-state index contributed by atoms with van der Waals surface area (Å²) in [4.78, 5) is 19.1. The number of amides is 1. The first-order chi connectivity index (χ1) is 10.1. The van der Waals surface area contributed by atoms with E-state index < -0.39 is 0 Å². The summed E-state index contributed by atoms with van der Waals surface area (Å²) < 4.78 is 11.1. The molecule has 0 spiro atoms. The van der Waals surface area contributed by atoms with Crippen LogP contribution in [0.25, 0.3) is 0 Å². The number of benzene rings is 1. The van der Waals surface area contributed by atoms with E-state index in [1.54, 1.807) is 19.2 Å². The van der Waals surface area contributed by atoms with Gasteiger partial charge in [0.15, 0.2) is 11.5 Å². The number of rotatable bonds is 3. The van der Waals surface area contributed by atoms with Crippen LogP contribution in [-0.2, 0) is 0 Å². The van der Waals surface area contributed by atoms with E-state index in [9.17, 15) is 4.79 Å². The van der Waals surface area contributed by atoms with Crippen LogP contribution in [0.5, 0.6) is 11.5 Å². The lowest BCUT2D eigenvalue weighted by Crippen LogP contribution is -2.35. The van der Waals surface area contributed by atoms with Crippen molar-refractivity contribution in [3.63, 3.8) is 0 Å². The van der Waals surface area contributed by atoms with Gasteiger partial charge in [0.2, 0.25) is 0 Å². The Bertz CT molecular complexity index is 595. The van der Waals surface area contributed by atoms with Crippen LogP contribution >= 0.6 is 0 Å². The van der Waals surface area contributed by atoms with Crippen molar-refractivity contribution in [2.45, 2.75) is 38.8 Å². The monoisotopic (exact) mass is 288 g/mol. The Labute approximate surface area is 124 Å². The Balaban J connectivity index is 2.06. The van der Waals surface area contributed by atoms with Crippen LogP contribution in [0, 0.1) is 0 Å². The number of aliphatic imine (C=N–C) groups is 1. The van der Waals surface area contributed by atoms with Gasteiger partial charge < -0.3 is 14.4 Å². The highest BCUT2D eigenvalue weighted by Crippen LogP contribution is 2.38. The molecule has 0 aliphatic carbocycles. The summed E-state index contributed by atoms with van der Waals surface area (Å²) in [5.41, 5.74) is 1.24. The van der Waals surface area contributed by atoms with E-state index in [0.29, 0.717) is 22.7 Å². The summed E-state index contributed by atoms with van der Waals surface area (Å²) in [7, 11) is 1.58. The molecule has 0 unspecified atom stereocenters. The van der Waals surface area contributed by atoms with E-state index in [1.165, 1.54) is 0 Å². The Kier molecular flexibility index (Phi) is 3.57. The lowest BCUT2D eigenvalue weighted by Gasteiger charge is -2.20. The van der Waals surface area contributed by atoms with E-state index in [1.807, 2.05) is 25.0 Å². The highest BCUT2D eigenvalue weighted by atomic mass is 16.5. The van der Waals surface area contributed by atoms with Gasteiger partial charge >= 0.3 is 0 Å². The number of hydrogen-bond donors (Lipinski definition) is 0. The minimum atomic E-state index is 0.0272. The molecule has 3 rings (SSSR count). The summed E-state index contributed by atoms with van der Waals surface area (Å²) in [6, 6.07) is 3.66. The number of methoxy groups -OCH3 is 1. The van der Waals surface area contributed by atoms with Gasteiger partial charge in [0, 0.05) is 18.8 Å². The lowest BCUT2D eigenvalue weighted by atomic mass is 10.1. The van der Waals surface area contributed by atoms with E-state index in [2.05, 4.69) is 4.99 Å². The summed E-state index contributed by atoms with van der Waals surface area (Å²) in [6.45, 7) is 4.70. The van der Waals surface area contributed by atoms with Gasteiger partial charge in [0.1, 0.15) is 0 Å². The molecule has 21 heavy (non-hydrogen) atoms. The van der Waals surface area contributed by atoms with Crippen molar-refractivity contribution in [2.75, 3.05) is 13.7 Å². The van der Waals surface area contributed by atoms with Gasteiger partial charge in [-0.1, -0.05) is 0 Å². The molecular weight excluding hydrogens is 268 g/mol. The number of carbonyl (C=O) groups is 1. The molecule has 0 bridgehead atoms. The predicted octanol–water partition coefficient (Wildman–Crippen LogP) is 2.80. The molecule has 1 saturated heterocycles. The fourth-order valence-electron chi connectivity index (χ4n) is 2.85. The van der Waals surface area contributed by atoms with Crippen molar-refractivity contribution in [1.82, 2.24) is 4.90 Å². The molecule has 1 aromatic carbocycles. The second-order valence-corrected chi connectivity index (χ2v) is 5.67. The average Bonchev–Trinajstić information content (AvgIpc) is 2.87. The Hall–Kier alpha value is -2.04. The fourth-order valence-corrected chi connectivity index (χ4v) is 2.85. The van der Waals surface area contributed by atoms with Crippen molar-refractivity contribution in [3.05, 3.63) is 17.7 Å². The van der Waals surface area contributed by atoms with Crippen molar-refractivity contribution in [1.29, 1.82) is 0 Å². The van der Waals surface area contributed by atoms with Crippen molar-refractivity contribution in [3.8, 4) is 11.5 Å². The number of nitrogens with zero attached hydrogens (tertiary/aromatic N) is 2. The summed E-state index contributed by atoms with van der Waals surface area (Å²) >= 11 is 0. The zero-order valence-corrected chi connectivity index (χ0v) is 12.6. The molecule has 112 valence electrons. The molecular formula is C16H20N2O3. The molecule has 1 atom stereocenters. The summed E-state index contributed by atoms with van der Waals surface area (Å²) in [5.74, 6) is 1.22. The van der Waals surface area contributed by atoms with Gasteiger partial charge in [-0.05, 0) is 32.8 Å². The number of ether oxygens (including phenoxy) is 2. The second kappa shape index (κ2) is 5.39. The Morgan fingerprint density at radius 1 is 1.33 bits per heavy atom. The van der Waals surface area contributed by atoms with E-state index in [0.717, 1.165) is 19.4 Å². The Morgan fingerprint density at radius 2 is 2.14 bits per heavy atom. The molecule has 2 heterocycles. The normalized spacial score (nSPS) is 20.3. The first kappa shape index (κ1) is 13.9. The zero-order valence-electron chi connectivity index (χ0n) is 12.6. The van der Waals surface area contributed by atoms with E-state index in [4.69, 9.17) is 9.47 Å². The van der Waals surface area contributed by atoms with Crippen LogP contribution in [0.15, 0.2) is 17.1 Å². The molecule has 1 aromatic rings. The third-order valence-electron chi connectivity index (χ3n) is 3.82. The van der Waals surface area contributed by atoms with Gasteiger partial charge in [-0.2, -0.15) is 0 Å². The molecule has 1 fully saturated rings. The van der Waals surface area contributed by atoms with E-state index >= 15 is 0 Å². The van der Waals surface area contributed by atoms with Gasteiger partial charge in [-0.15, -0.1) is 0 Å². The van der Waals surface area contributed by atoms with Crippen molar-refractivity contribution in [2.24, 2.45) is 4.99 Å². The minimum absolute atomic E-state index is 0.0272. The highest BCUT2D eigenvalue weighted by molar-refractivity contribution is 6.03. The molecule has 0 aromatic heterocycles. The summed E-state index contributed by atoms with van der Waals surface area (Å²) in [5, 5.41) is 0. The van der Waals surface area contributed by atoms with Gasteiger partial charge in [-0.3, -0.25) is 9.79 Å². The number of hydrogen-bond acceptors (Lipinski definition) is 4. The van der Waals surface area contributed by atoms with E-state index in [-0.39, 0.29) is 18.1 Å². The third-order valence-corrected chi connectivity index (χ3v) is 3.82.